The standard InChI is InChI=1S/C29H25N3O5/c1-36-27-13-18(7-10-25(27)33)8-12-29(35)31-16-19-14-22-21-5-3-4-6-23(21)32(24(22)17-30-19)20-9-11-26(34)28(15-20)37-2/h3-15,17,33-34H,16H2,1-2H3,(H,31,35)/b12-8+. The summed E-state index contributed by atoms with van der Waals surface area (Å²) in [5.41, 5.74) is 4.15. The number of phenolic OH excluding ortho intramolecular Hbond substituents is 2. The number of fused-ring (bicyclic) bond motifs is 3. The Labute approximate surface area is 213 Å². The van der Waals surface area contributed by atoms with E-state index in [4.69, 9.17) is 9.47 Å². The second-order valence-corrected chi connectivity index (χ2v) is 8.38. The van der Waals surface area contributed by atoms with Crippen molar-refractivity contribution in [2.24, 2.45) is 0 Å². The molecule has 2 heterocycles. The molecule has 8 nitrogen and oxygen atoms in total. The lowest BCUT2D eigenvalue weighted by atomic mass is 10.1. The van der Waals surface area contributed by atoms with Gasteiger partial charge in [-0.2, -0.15) is 0 Å². The summed E-state index contributed by atoms with van der Waals surface area (Å²) in [6.45, 7) is 0.255. The van der Waals surface area contributed by atoms with Crippen LogP contribution in [0.3, 0.4) is 0 Å². The van der Waals surface area contributed by atoms with Crippen molar-refractivity contribution >= 4 is 33.8 Å². The molecule has 3 N–H and O–H groups in total. The topological polar surface area (TPSA) is 106 Å². The average molecular weight is 496 g/mol. The van der Waals surface area contributed by atoms with Crippen LogP contribution < -0.4 is 14.8 Å². The van der Waals surface area contributed by atoms with Gasteiger partial charge in [-0.15, -0.1) is 0 Å². The number of rotatable bonds is 7. The van der Waals surface area contributed by atoms with Gasteiger partial charge in [0, 0.05) is 22.9 Å². The Morgan fingerprint density at radius 1 is 0.919 bits per heavy atom. The van der Waals surface area contributed by atoms with Crippen LogP contribution in [0.25, 0.3) is 33.6 Å². The third-order valence-electron chi connectivity index (χ3n) is 6.11. The molecule has 3 aromatic carbocycles. The summed E-state index contributed by atoms with van der Waals surface area (Å²) in [4.78, 5) is 17.0. The Hall–Kier alpha value is -4.98. The van der Waals surface area contributed by atoms with Crippen LogP contribution in [0.2, 0.25) is 0 Å². The second kappa shape index (κ2) is 9.94. The zero-order valence-corrected chi connectivity index (χ0v) is 20.3. The van der Waals surface area contributed by atoms with Crippen molar-refractivity contribution in [3.05, 3.63) is 90.3 Å². The van der Waals surface area contributed by atoms with Crippen LogP contribution in [-0.4, -0.2) is 39.9 Å². The molecule has 8 heteroatoms. The molecule has 0 saturated heterocycles. The van der Waals surface area contributed by atoms with Crippen molar-refractivity contribution in [2.75, 3.05) is 14.2 Å². The number of pyridine rings is 1. The van der Waals surface area contributed by atoms with E-state index < -0.39 is 0 Å². The van der Waals surface area contributed by atoms with E-state index in [0.29, 0.717) is 17.2 Å². The van der Waals surface area contributed by atoms with Gasteiger partial charge in [0.15, 0.2) is 23.0 Å². The molecular formula is C29H25N3O5. The zero-order chi connectivity index (χ0) is 25.9. The predicted octanol–water partition coefficient (Wildman–Crippen LogP) is 4.94. The van der Waals surface area contributed by atoms with E-state index in [2.05, 4.69) is 14.9 Å². The molecule has 2 aromatic heterocycles. The second-order valence-electron chi connectivity index (χ2n) is 8.38. The fraction of sp³-hybridized carbons (Fsp3) is 0.103. The number of methoxy groups -OCH3 is 2. The minimum Gasteiger partial charge on any atom is -0.504 e. The van der Waals surface area contributed by atoms with Gasteiger partial charge < -0.3 is 29.6 Å². The normalized spacial score (nSPS) is 11.3. The number of nitrogens with zero attached hydrogens (tertiary/aromatic N) is 2. The van der Waals surface area contributed by atoms with Gasteiger partial charge in [0.25, 0.3) is 0 Å². The van der Waals surface area contributed by atoms with Crippen LogP contribution in [0.1, 0.15) is 11.3 Å². The van der Waals surface area contributed by atoms with Crippen LogP contribution in [0.5, 0.6) is 23.0 Å². The Morgan fingerprint density at radius 2 is 1.65 bits per heavy atom. The number of aromatic nitrogens is 2. The van der Waals surface area contributed by atoms with E-state index in [0.717, 1.165) is 33.1 Å². The van der Waals surface area contributed by atoms with Gasteiger partial charge in [-0.3, -0.25) is 9.78 Å². The van der Waals surface area contributed by atoms with Crippen molar-refractivity contribution in [1.82, 2.24) is 14.9 Å². The molecule has 0 aliphatic carbocycles. The summed E-state index contributed by atoms with van der Waals surface area (Å²) in [7, 11) is 2.99. The molecule has 0 fully saturated rings. The number of carbonyl (C=O) groups excluding carboxylic acids is 1. The zero-order valence-electron chi connectivity index (χ0n) is 20.3. The summed E-state index contributed by atoms with van der Waals surface area (Å²) in [5, 5.41) is 24.6. The van der Waals surface area contributed by atoms with E-state index in [-0.39, 0.29) is 24.0 Å². The first-order valence-electron chi connectivity index (χ1n) is 11.6. The van der Waals surface area contributed by atoms with Crippen molar-refractivity contribution < 1.29 is 24.5 Å². The van der Waals surface area contributed by atoms with Gasteiger partial charge in [0.2, 0.25) is 5.91 Å². The minimum atomic E-state index is -0.271. The summed E-state index contributed by atoms with van der Waals surface area (Å²) in [6, 6.07) is 20.1. The van der Waals surface area contributed by atoms with Crippen LogP contribution in [-0.2, 0) is 11.3 Å². The lowest BCUT2D eigenvalue weighted by molar-refractivity contribution is -0.116. The van der Waals surface area contributed by atoms with E-state index in [1.807, 2.05) is 36.4 Å². The number of ether oxygens (including phenoxy) is 2. The van der Waals surface area contributed by atoms with Crippen LogP contribution >= 0.6 is 0 Å². The number of benzene rings is 3. The minimum absolute atomic E-state index is 0.0384. The summed E-state index contributed by atoms with van der Waals surface area (Å²) in [5.74, 6) is 0.560. The Bertz CT molecular complexity index is 1660. The van der Waals surface area contributed by atoms with Gasteiger partial charge in [0.1, 0.15) is 0 Å². The highest BCUT2D eigenvalue weighted by Crippen LogP contribution is 2.35. The van der Waals surface area contributed by atoms with Gasteiger partial charge in [-0.25, -0.2) is 0 Å². The number of nitrogens with one attached hydrogen (secondary N) is 1. The highest BCUT2D eigenvalue weighted by Gasteiger charge is 2.15. The fourth-order valence-corrected chi connectivity index (χ4v) is 4.30. The number of amides is 1. The molecule has 5 rings (SSSR count). The van der Waals surface area contributed by atoms with E-state index >= 15 is 0 Å². The number of para-hydroxylation sites is 1. The Balaban J connectivity index is 1.41. The SMILES string of the molecule is COc1cc(/C=C/C(=O)NCc2cc3c4ccccc4n(-c4ccc(O)c(OC)c4)c3cn2)ccc1O. The third kappa shape index (κ3) is 4.64. The smallest absolute Gasteiger partial charge is 0.244 e. The van der Waals surface area contributed by atoms with Gasteiger partial charge in [-0.1, -0.05) is 24.3 Å². The number of hydrogen-bond acceptors (Lipinski definition) is 6. The molecule has 5 aromatic rings. The first-order chi connectivity index (χ1) is 18.0. The highest BCUT2D eigenvalue weighted by atomic mass is 16.5. The molecular weight excluding hydrogens is 470 g/mol. The average Bonchev–Trinajstić information content (AvgIpc) is 3.25. The maximum Gasteiger partial charge on any atom is 0.244 e. The first-order valence-corrected chi connectivity index (χ1v) is 11.6. The molecule has 186 valence electrons. The molecule has 1 amide bonds. The van der Waals surface area contributed by atoms with Crippen LogP contribution in [0.15, 0.2) is 79.0 Å². The van der Waals surface area contributed by atoms with Crippen molar-refractivity contribution in [2.45, 2.75) is 6.54 Å². The number of phenols is 2. The Morgan fingerprint density at radius 3 is 2.43 bits per heavy atom. The molecule has 0 atom stereocenters. The molecule has 0 spiro atoms. The first kappa shape index (κ1) is 23.7. The molecule has 0 radical (unpaired) electrons. The summed E-state index contributed by atoms with van der Waals surface area (Å²) in [6.07, 6.45) is 4.86. The van der Waals surface area contributed by atoms with Crippen LogP contribution in [0.4, 0.5) is 0 Å². The van der Waals surface area contributed by atoms with E-state index in [1.54, 1.807) is 36.5 Å². The molecule has 0 saturated carbocycles. The third-order valence-corrected chi connectivity index (χ3v) is 6.11. The van der Waals surface area contributed by atoms with Crippen molar-refractivity contribution in [3.8, 4) is 28.7 Å². The number of carbonyl (C=O) groups is 1. The summed E-state index contributed by atoms with van der Waals surface area (Å²) >= 11 is 0. The van der Waals surface area contributed by atoms with Crippen molar-refractivity contribution in [3.63, 3.8) is 0 Å². The van der Waals surface area contributed by atoms with Crippen molar-refractivity contribution in [1.29, 1.82) is 0 Å². The highest BCUT2D eigenvalue weighted by molar-refractivity contribution is 6.09. The predicted molar refractivity (Wildman–Crippen MR) is 142 cm³/mol. The Kier molecular flexibility index (Phi) is 6.38. The monoisotopic (exact) mass is 495 g/mol. The molecule has 0 unspecified atom stereocenters. The molecule has 37 heavy (non-hydrogen) atoms. The summed E-state index contributed by atoms with van der Waals surface area (Å²) < 4.78 is 12.5. The number of aromatic hydroxyl groups is 2. The van der Waals surface area contributed by atoms with Crippen LogP contribution in [0, 0.1) is 0 Å². The lowest BCUT2D eigenvalue weighted by Crippen LogP contribution is -2.20. The maximum absolute atomic E-state index is 12.4. The van der Waals surface area contributed by atoms with E-state index in [1.165, 1.54) is 26.4 Å². The van der Waals surface area contributed by atoms with Gasteiger partial charge >= 0.3 is 0 Å². The van der Waals surface area contributed by atoms with Gasteiger partial charge in [0.05, 0.1) is 49.4 Å². The fourth-order valence-electron chi connectivity index (χ4n) is 4.30. The maximum atomic E-state index is 12.4. The largest absolute Gasteiger partial charge is 0.504 e. The molecule has 0 aliphatic heterocycles. The number of hydrogen-bond donors (Lipinski definition) is 3. The van der Waals surface area contributed by atoms with Gasteiger partial charge in [-0.05, 0) is 48.0 Å². The molecule has 0 aliphatic rings. The molecule has 0 bridgehead atoms. The van der Waals surface area contributed by atoms with E-state index in [9.17, 15) is 15.0 Å². The lowest BCUT2D eigenvalue weighted by Gasteiger charge is -2.10. The quantitative estimate of drug-likeness (QED) is 0.276.